The van der Waals surface area contributed by atoms with E-state index < -0.39 is 17.1 Å². The molecule has 2 aromatic rings. The lowest BCUT2D eigenvalue weighted by molar-refractivity contribution is 0.242. The van der Waals surface area contributed by atoms with Gasteiger partial charge in [-0.2, -0.15) is 0 Å². The van der Waals surface area contributed by atoms with Crippen LogP contribution in [0.3, 0.4) is 0 Å². The van der Waals surface area contributed by atoms with E-state index in [1.165, 1.54) is 6.07 Å². The van der Waals surface area contributed by atoms with Gasteiger partial charge in [-0.3, -0.25) is 9.36 Å². The normalized spacial score (nSPS) is 13.7. The fraction of sp³-hybridized carbons (Fsp3) is 0.500. The van der Waals surface area contributed by atoms with Gasteiger partial charge in [0.25, 0.3) is 5.56 Å². The zero-order chi connectivity index (χ0) is 19.7. The van der Waals surface area contributed by atoms with Crippen LogP contribution >= 0.6 is 11.6 Å². The van der Waals surface area contributed by atoms with Gasteiger partial charge in [0.15, 0.2) is 0 Å². The van der Waals surface area contributed by atoms with Crippen LogP contribution in [0.15, 0.2) is 21.7 Å². The van der Waals surface area contributed by atoms with E-state index in [1.54, 1.807) is 4.57 Å². The Morgan fingerprint density at radius 2 is 1.93 bits per heavy atom. The maximum Gasteiger partial charge on any atom is 0.335 e. The van der Waals surface area contributed by atoms with Crippen LogP contribution in [0.4, 0.5) is 4.39 Å². The lowest BCUT2D eigenvalue weighted by Crippen LogP contribution is -2.44. The van der Waals surface area contributed by atoms with Gasteiger partial charge in [0.2, 0.25) is 0 Å². The van der Waals surface area contributed by atoms with Gasteiger partial charge in [-0.15, -0.1) is 0 Å². The number of fused-ring (bicyclic) bond motifs is 1. The molecule has 1 aromatic carbocycles. The second-order valence-corrected chi connectivity index (χ2v) is 7.51. The minimum Gasteiger partial charge on any atom is -0.489 e. The molecule has 0 N–H and O–H groups in total. The lowest BCUT2D eigenvalue weighted by atomic mass is 9.96. The molecule has 1 aliphatic rings. The van der Waals surface area contributed by atoms with Gasteiger partial charge < -0.3 is 4.74 Å². The van der Waals surface area contributed by atoms with Crippen molar-refractivity contribution in [1.29, 1.82) is 0 Å². The highest BCUT2D eigenvalue weighted by molar-refractivity contribution is 6.32. The van der Waals surface area contributed by atoms with Crippen LogP contribution in [0.25, 0.3) is 5.69 Å². The maximum absolute atomic E-state index is 14.7. The van der Waals surface area contributed by atoms with Gasteiger partial charge in [0, 0.05) is 23.9 Å². The highest BCUT2D eigenvalue weighted by atomic mass is 35.5. The van der Waals surface area contributed by atoms with E-state index in [0.29, 0.717) is 24.9 Å². The SMILES string of the molecule is CCCn1c2c(c(=O)n(-c3cc(OC(C)C)c(Cl)cc3F)c1=O)CCCC2. The molecule has 0 amide bonds. The average molecular weight is 395 g/mol. The zero-order valence-electron chi connectivity index (χ0n) is 15.8. The third-order valence-electron chi connectivity index (χ3n) is 4.70. The number of hydrogen-bond donors (Lipinski definition) is 0. The predicted octanol–water partition coefficient (Wildman–Crippen LogP) is 3.87. The van der Waals surface area contributed by atoms with Crippen LogP contribution in [-0.2, 0) is 19.4 Å². The second-order valence-electron chi connectivity index (χ2n) is 7.11. The summed E-state index contributed by atoms with van der Waals surface area (Å²) in [6.07, 6.45) is 3.69. The molecule has 0 saturated carbocycles. The van der Waals surface area contributed by atoms with Crippen LogP contribution in [0.1, 0.15) is 51.3 Å². The number of halogens is 2. The first-order valence-electron chi connectivity index (χ1n) is 9.38. The zero-order valence-corrected chi connectivity index (χ0v) is 16.6. The first kappa shape index (κ1) is 19.7. The van der Waals surface area contributed by atoms with E-state index in [2.05, 4.69) is 0 Å². The van der Waals surface area contributed by atoms with Crippen molar-refractivity contribution in [3.05, 3.63) is 55.1 Å². The average Bonchev–Trinajstić information content (AvgIpc) is 2.62. The molecular weight excluding hydrogens is 371 g/mol. The minimum absolute atomic E-state index is 0.102. The predicted molar refractivity (Wildman–Crippen MR) is 104 cm³/mol. The van der Waals surface area contributed by atoms with E-state index in [4.69, 9.17) is 16.3 Å². The molecule has 27 heavy (non-hydrogen) atoms. The van der Waals surface area contributed by atoms with Crippen molar-refractivity contribution in [2.24, 2.45) is 0 Å². The molecule has 0 radical (unpaired) electrons. The van der Waals surface area contributed by atoms with Gasteiger partial charge in [-0.25, -0.2) is 13.8 Å². The fourth-order valence-electron chi connectivity index (χ4n) is 3.58. The van der Waals surface area contributed by atoms with Gasteiger partial charge in [-0.05, 0) is 52.0 Å². The molecule has 146 valence electrons. The Bertz CT molecular complexity index is 979. The highest BCUT2D eigenvalue weighted by Crippen LogP contribution is 2.30. The summed E-state index contributed by atoms with van der Waals surface area (Å²) in [5.41, 5.74) is 0.318. The number of hydrogen-bond acceptors (Lipinski definition) is 3. The summed E-state index contributed by atoms with van der Waals surface area (Å²) in [6, 6.07) is 2.43. The van der Waals surface area contributed by atoms with Crippen molar-refractivity contribution in [1.82, 2.24) is 9.13 Å². The summed E-state index contributed by atoms with van der Waals surface area (Å²) >= 11 is 6.07. The summed E-state index contributed by atoms with van der Waals surface area (Å²) in [5.74, 6) is -0.483. The third kappa shape index (κ3) is 3.68. The smallest absolute Gasteiger partial charge is 0.335 e. The molecule has 1 heterocycles. The first-order valence-corrected chi connectivity index (χ1v) is 9.76. The topological polar surface area (TPSA) is 53.2 Å². The Balaban J connectivity index is 2.30. The van der Waals surface area contributed by atoms with Gasteiger partial charge in [0.1, 0.15) is 11.6 Å². The van der Waals surface area contributed by atoms with E-state index >= 15 is 0 Å². The van der Waals surface area contributed by atoms with Crippen LogP contribution in [0.5, 0.6) is 5.75 Å². The molecule has 0 fully saturated rings. The maximum atomic E-state index is 14.7. The van der Waals surface area contributed by atoms with Crippen molar-refractivity contribution in [2.45, 2.75) is 65.5 Å². The number of benzene rings is 1. The van der Waals surface area contributed by atoms with E-state index in [9.17, 15) is 14.0 Å². The van der Waals surface area contributed by atoms with Crippen LogP contribution < -0.4 is 16.0 Å². The molecule has 0 atom stereocenters. The summed E-state index contributed by atoms with van der Waals surface area (Å²) < 4.78 is 22.9. The number of ether oxygens (including phenoxy) is 1. The second kappa shape index (κ2) is 7.89. The van der Waals surface area contributed by atoms with Crippen molar-refractivity contribution in [2.75, 3.05) is 0 Å². The molecule has 0 unspecified atom stereocenters. The molecule has 1 aliphatic carbocycles. The first-order chi connectivity index (χ1) is 12.8. The molecule has 0 spiro atoms. The van der Waals surface area contributed by atoms with Crippen molar-refractivity contribution >= 4 is 11.6 Å². The Labute approximate surface area is 162 Å². The Morgan fingerprint density at radius 1 is 1.22 bits per heavy atom. The van der Waals surface area contributed by atoms with E-state index in [0.717, 1.165) is 35.6 Å². The molecule has 0 saturated heterocycles. The van der Waals surface area contributed by atoms with Gasteiger partial charge in [0.05, 0.1) is 16.8 Å². The van der Waals surface area contributed by atoms with Gasteiger partial charge >= 0.3 is 5.69 Å². The fourth-order valence-corrected chi connectivity index (χ4v) is 3.77. The number of aromatic nitrogens is 2. The lowest BCUT2D eigenvalue weighted by Gasteiger charge is -2.22. The van der Waals surface area contributed by atoms with Crippen molar-refractivity contribution < 1.29 is 9.13 Å². The third-order valence-corrected chi connectivity index (χ3v) is 5.00. The van der Waals surface area contributed by atoms with E-state index in [-0.39, 0.29) is 22.6 Å². The van der Waals surface area contributed by atoms with Gasteiger partial charge in [-0.1, -0.05) is 18.5 Å². The molecular formula is C20H24ClFN2O3. The molecule has 1 aromatic heterocycles. The van der Waals surface area contributed by atoms with Crippen molar-refractivity contribution in [3.63, 3.8) is 0 Å². The number of rotatable bonds is 5. The summed E-state index contributed by atoms with van der Waals surface area (Å²) in [5, 5.41) is 0.102. The summed E-state index contributed by atoms with van der Waals surface area (Å²) in [4.78, 5) is 26.2. The highest BCUT2D eigenvalue weighted by Gasteiger charge is 2.24. The monoisotopic (exact) mass is 394 g/mol. The van der Waals surface area contributed by atoms with Crippen molar-refractivity contribution in [3.8, 4) is 11.4 Å². The molecule has 5 nitrogen and oxygen atoms in total. The quantitative estimate of drug-likeness (QED) is 0.773. The molecule has 0 aliphatic heterocycles. The Morgan fingerprint density at radius 3 is 2.59 bits per heavy atom. The Hall–Kier alpha value is -2.08. The van der Waals surface area contributed by atoms with Crippen LogP contribution in [0, 0.1) is 5.82 Å². The van der Waals surface area contributed by atoms with Crippen LogP contribution in [-0.4, -0.2) is 15.2 Å². The minimum atomic E-state index is -0.728. The Kier molecular flexibility index (Phi) is 5.75. The molecule has 3 rings (SSSR count). The number of nitrogens with zero attached hydrogens (tertiary/aromatic N) is 2. The standard InChI is InChI=1S/C20H24ClFN2O3/c1-4-9-23-16-8-6-5-7-13(16)19(25)24(20(23)26)17-11-18(27-12(2)3)14(21)10-15(17)22/h10-12H,4-9H2,1-3H3. The largest absolute Gasteiger partial charge is 0.489 e. The molecule has 0 bridgehead atoms. The summed E-state index contributed by atoms with van der Waals surface area (Å²) in [6.45, 7) is 6.10. The van der Waals surface area contributed by atoms with E-state index in [1.807, 2.05) is 20.8 Å². The molecule has 7 heteroatoms. The van der Waals surface area contributed by atoms with Crippen LogP contribution in [0.2, 0.25) is 5.02 Å². The summed E-state index contributed by atoms with van der Waals surface area (Å²) in [7, 11) is 0.